The molecule has 1 atom stereocenters. The van der Waals surface area contributed by atoms with Crippen molar-refractivity contribution in [1.29, 1.82) is 0 Å². The number of nitrogens with zero attached hydrogens (tertiary/aromatic N) is 2. The van der Waals surface area contributed by atoms with Crippen molar-refractivity contribution in [2.24, 2.45) is 0 Å². The summed E-state index contributed by atoms with van der Waals surface area (Å²) in [6, 6.07) is 11.8. The summed E-state index contributed by atoms with van der Waals surface area (Å²) in [4.78, 5) is 16.7. The summed E-state index contributed by atoms with van der Waals surface area (Å²) in [5.41, 5.74) is 6.18. The van der Waals surface area contributed by atoms with Crippen molar-refractivity contribution in [1.82, 2.24) is 15.0 Å². The van der Waals surface area contributed by atoms with Crippen molar-refractivity contribution in [2.45, 2.75) is 31.9 Å². The molecule has 0 fully saturated rings. The van der Waals surface area contributed by atoms with Crippen molar-refractivity contribution in [2.75, 3.05) is 5.43 Å². The molecule has 2 N–H and O–H groups in total. The highest BCUT2D eigenvalue weighted by atomic mass is 19.3. The number of hydrogen-bond acceptors (Lipinski definition) is 3. The number of nitrogens with one attached hydrogen (secondary N) is 2. The molecule has 140 valence electrons. The van der Waals surface area contributed by atoms with Gasteiger partial charge in [0.1, 0.15) is 12.1 Å². The molecule has 8 heteroatoms. The van der Waals surface area contributed by atoms with E-state index in [0.717, 1.165) is 41.4 Å². The van der Waals surface area contributed by atoms with Crippen LogP contribution in [0.3, 0.4) is 0 Å². The lowest BCUT2D eigenvalue weighted by molar-refractivity contribution is -0.0499. The molecule has 3 aromatic rings. The molecular formula is C19H18F2N4O2. The molecular weight excluding hydrogens is 354 g/mol. The van der Waals surface area contributed by atoms with Gasteiger partial charge >= 0.3 is 12.6 Å². The molecule has 0 unspecified atom stereocenters. The van der Waals surface area contributed by atoms with E-state index in [1.54, 1.807) is 23.1 Å². The molecule has 0 saturated carbocycles. The highest BCUT2D eigenvalue weighted by Crippen LogP contribution is 2.32. The number of fused-ring (bicyclic) bond motifs is 2. The minimum absolute atomic E-state index is 0.138. The second-order valence-corrected chi connectivity index (χ2v) is 6.37. The molecule has 0 aliphatic heterocycles. The number of imidazole rings is 1. The Bertz CT molecular complexity index is 973. The van der Waals surface area contributed by atoms with Gasteiger partial charge in [-0.3, -0.25) is 0 Å². The number of halogens is 2. The molecule has 1 aliphatic carbocycles. The van der Waals surface area contributed by atoms with Crippen molar-refractivity contribution < 1.29 is 18.3 Å². The van der Waals surface area contributed by atoms with Crippen LogP contribution in [0.15, 0.2) is 48.8 Å². The first-order valence-electron chi connectivity index (χ1n) is 8.67. The van der Waals surface area contributed by atoms with Crippen LogP contribution in [0.5, 0.6) is 5.75 Å². The van der Waals surface area contributed by atoms with Gasteiger partial charge in [0.15, 0.2) is 0 Å². The molecule has 2 amide bonds. The van der Waals surface area contributed by atoms with Crippen LogP contribution in [0.2, 0.25) is 0 Å². The topological polar surface area (TPSA) is 68.2 Å². The zero-order chi connectivity index (χ0) is 18.8. The molecule has 0 radical (unpaired) electrons. The summed E-state index contributed by atoms with van der Waals surface area (Å²) in [5, 5.41) is 2.95. The van der Waals surface area contributed by atoms with Crippen LogP contribution >= 0.6 is 0 Å². The Kier molecular flexibility index (Phi) is 4.62. The van der Waals surface area contributed by atoms with Crippen molar-refractivity contribution >= 4 is 17.1 Å². The van der Waals surface area contributed by atoms with Gasteiger partial charge in [0.2, 0.25) is 0 Å². The van der Waals surface area contributed by atoms with Crippen molar-refractivity contribution in [3.05, 3.63) is 59.9 Å². The Labute approximate surface area is 154 Å². The Balaban J connectivity index is 1.48. The number of amides is 2. The number of carbonyl (C=O) groups is 1. The van der Waals surface area contributed by atoms with Gasteiger partial charge in [-0.1, -0.05) is 18.2 Å². The summed E-state index contributed by atoms with van der Waals surface area (Å²) < 4.78 is 30.8. The largest absolute Gasteiger partial charge is 0.435 e. The van der Waals surface area contributed by atoms with E-state index in [0.29, 0.717) is 0 Å². The van der Waals surface area contributed by atoms with E-state index in [1.165, 1.54) is 6.07 Å². The predicted molar refractivity (Wildman–Crippen MR) is 96.4 cm³/mol. The fraction of sp³-hybridized carbons (Fsp3) is 0.263. The van der Waals surface area contributed by atoms with E-state index in [1.807, 2.05) is 24.3 Å². The summed E-state index contributed by atoms with van der Waals surface area (Å²) >= 11 is 0. The number of alkyl halides is 2. The average Bonchev–Trinajstić information content (AvgIpc) is 3.04. The van der Waals surface area contributed by atoms with E-state index in [4.69, 9.17) is 0 Å². The summed E-state index contributed by atoms with van der Waals surface area (Å²) in [6.45, 7) is -2.85. The number of urea groups is 1. The lowest BCUT2D eigenvalue weighted by Crippen LogP contribution is -2.37. The fourth-order valence-electron chi connectivity index (χ4n) is 3.46. The number of aryl methyl sites for hydroxylation is 1. The van der Waals surface area contributed by atoms with Crippen LogP contribution in [-0.2, 0) is 6.42 Å². The van der Waals surface area contributed by atoms with Crippen LogP contribution in [0.25, 0.3) is 11.0 Å². The highest BCUT2D eigenvalue weighted by molar-refractivity contribution is 5.85. The number of rotatable bonds is 4. The first kappa shape index (κ1) is 17.3. The Morgan fingerprint density at radius 2 is 2.11 bits per heavy atom. The molecule has 6 nitrogen and oxygen atoms in total. The van der Waals surface area contributed by atoms with Gasteiger partial charge in [-0.25, -0.2) is 19.9 Å². The van der Waals surface area contributed by atoms with Gasteiger partial charge in [0.05, 0.1) is 17.1 Å². The number of para-hydroxylation sites is 2. The van der Waals surface area contributed by atoms with Gasteiger partial charge in [-0.15, -0.1) is 0 Å². The molecule has 0 spiro atoms. The molecule has 27 heavy (non-hydrogen) atoms. The third-order valence-corrected chi connectivity index (χ3v) is 4.63. The highest BCUT2D eigenvalue weighted by Gasteiger charge is 2.23. The van der Waals surface area contributed by atoms with Gasteiger partial charge in [-0.05, 0) is 54.7 Å². The zero-order valence-corrected chi connectivity index (χ0v) is 14.4. The molecule has 0 saturated heterocycles. The average molecular weight is 372 g/mol. The molecule has 2 aromatic carbocycles. The van der Waals surface area contributed by atoms with E-state index >= 15 is 0 Å². The molecule has 1 aliphatic rings. The maximum atomic E-state index is 12.4. The third kappa shape index (κ3) is 3.69. The first-order chi connectivity index (χ1) is 13.1. The minimum Gasteiger partial charge on any atom is -0.435 e. The summed E-state index contributed by atoms with van der Waals surface area (Å²) in [6.07, 6.45) is 3.94. The second-order valence-electron chi connectivity index (χ2n) is 6.37. The van der Waals surface area contributed by atoms with Crippen LogP contribution < -0.4 is 15.5 Å². The first-order valence-corrected chi connectivity index (χ1v) is 8.67. The number of carbonyl (C=O) groups excluding carboxylic acids is 1. The molecule has 1 heterocycles. The number of benzene rings is 2. The van der Waals surface area contributed by atoms with Gasteiger partial charge in [0.25, 0.3) is 0 Å². The molecule has 4 rings (SSSR count). The molecule has 1 aromatic heterocycles. The quantitative estimate of drug-likeness (QED) is 0.728. The van der Waals surface area contributed by atoms with Gasteiger partial charge in [0, 0.05) is 0 Å². The second kappa shape index (κ2) is 7.22. The van der Waals surface area contributed by atoms with E-state index in [2.05, 4.69) is 20.5 Å². The number of aromatic nitrogens is 2. The smallest absolute Gasteiger partial charge is 0.387 e. The minimum atomic E-state index is -2.85. The maximum absolute atomic E-state index is 12.4. The molecule has 0 bridgehead atoms. The van der Waals surface area contributed by atoms with E-state index < -0.39 is 6.61 Å². The summed E-state index contributed by atoms with van der Waals surface area (Å²) in [7, 11) is 0. The normalized spacial score (nSPS) is 16.2. The standard InChI is InChI=1S/C19H18F2N4O2/c20-18(21)27-13-8-9-14-12(10-13)4-3-6-15(14)23-19(26)24-25-11-22-16-5-1-2-7-17(16)25/h1-2,5,7-11,15,18H,3-4,6H2,(H2,23,24,26)/t15-/m0/s1. The van der Waals surface area contributed by atoms with Gasteiger partial charge in [-0.2, -0.15) is 8.78 Å². The third-order valence-electron chi connectivity index (χ3n) is 4.63. The summed E-state index contributed by atoms with van der Waals surface area (Å²) in [5.74, 6) is 0.138. The fourth-order valence-corrected chi connectivity index (χ4v) is 3.46. The Morgan fingerprint density at radius 1 is 1.26 bits per heavy atom. The van der Waals surface area contributed by atoms with Gasteiger partial charge < -0.3 is 10.1 Å². The lowest BCUT2D eigenvalue weighted by Gasteiger charge is -2.27. The SMILES string of the molecule is O=C(N[C@H]1CCCc2cc(OC(F)F)ccc21)Nn1cnc2ccccc21. The Morgan fingerprint density at radius 3 is 2.96 bits per heavy atom. The van der Waals surface area contributed by atoms with Crippen LogP contribution in [0, 0.1) is 0 Å². The Hall–Kier alpha value is -3.16. The van der Waals surface area contributed by atoms with E-state index in [9.17, 15) is 13.6 Å². The maximum Gasteiger partial charge on any atom is 0.387 e. The number of hydrogen-bond donors (Lipinski definition) is 2. The monoisotopic (exact) mass is 372 g/mol. The lowest BCUT2D eigenvalue weighted by atomic mass is 9.87. The van der Waals surface area contributed by atoms with Crippen LogP contribution in [-0.4, -0.2) is 22.3 Å². The number of ether oxygens (including phenoxy) is 1. The van der Waals surface area contributed by atoms with Crippen molar-refractivity contribution in [3.63, 3.8) is 0 Å². The predicted octanol–water partition coefficient (Wildman–Crippen LogP) is 3.97. The zero-order valence-electron chi connectivity index (χ0n) is 14.4. The van der Waals surface area contributed by atoms with Crippen molar-refractivity contribution in [3.8, 4) is 5.75 Å². The van der Waals surface area contributed by atoms with E-state index in [-0.39, 0.29) is 17.8 Å². The van der Waals surface area contributed by atoms with Crippen LogP contribution in [0.1, 0.15) is 30.0 Å². The van der Waals surface area contributed by atoms with Crippen LogP contribution in [0.4, 0.5) is 13.6 Å².